The molecule has 0 aromatic rings. The number of hydrogen-bond donors (Lipinski definition) is 0. The van der Waals surface area contributed by atoms with Crippen LogP contribution in [0.15, 0.2) is 0 Å². The Morgan fingerprint density at radius 3 is 2.33 bits per heavy atom. The molecule has 0 radical (unpaired) electrons. The van der Waals surface area contributed by atoms with Crippen LogP contribution in [0.4, 0.5) is 0 Å². The molecule has 15 heavy (non-hydrogen) atoms. The van der Waals surface area contributed by atoms with Crippen LogP contribution >= 0.6 is 0 Å². The van der Waals surface area contributed by atoms with Gasteiger partial charge >= 0.3 is 5.97 Å². The van der Waals surface area contributed by atoms with E-state index >= 15 is 0 Å². The summed E-state index contributed by atoms with van der Waals surface area (Å²) in [5.74, 6) is -0.0324. The Morgan fingerprint density at radius 2 is 1.80 bits per heavy atom. The first-order valence-electron chi connectivity index (χ1n) is 6.13. The van der Waals surface area contributed by atoms with Crippen molar-refractivity contribution in [1.82, 2.24) is 0 Å². The second-order valence-electron chi connectivity index (χ2n) is 5.55. The summed E-state index contributed by atoms with van der Waals surface area (Å²) in [5, 5.41) is 0. The highest BCUT2D eigenvalue weighted by molar-refractivity contribution is 5.69. The van der Waals surface area contributed by atoms with Crippen molar-refractivity contribution in [1.29, 1.82) is 0 Å². The molecule has 0 aromatic heterocycles. The van der Waals surface area contributed by atoms with Gasteiger partial charge in [0.05, 0.1) is 0 Å². The minimum atomic E-state index is -0.252. The predicted octanol–water partition coefficient (Wildman–Crippen LogP) is 3.69. The zero-order valence-electron chi connectivity index (χ0n) is 10.6. The Kier molecular flexibility index (Phi) is 3.80. The van der Waals surface area contributed by atoms with Crippen molar-refractivity contribution in [3.63, 3.8) is 0 Å². The van der Waals surface area contributed by atoms with Crippen LogP contribution in [-0.4, -0.2) is 11.6 Å². The summed E-state index contributed by atoms with van der Waals surface area (Å²) >= 11 is 0. The molecule has 2 nitrogen and oxygen atoms in total. The zero-order valence-corrected chi connectivity index (χ0v) is 10.6. The Bertz CT molecular complexity index is 233. The van der Waals surface area contributed by atoms with Gasteiger partial charge in [0.2, 0.25) is 0 Å². The highest BCUT2D eigenvalue weighted by Gasteiger charge is 2.45. The van der Waals surface area contributed by atoms with Crippen LogP contribution in [0.1, 0.15) is 66.2 Å². The quantitative estimate of drug-likeness (QED) is 0.667. The lowest BCUT2D eigenvalue weighted by Gasteiger charge is -2.47. The van der Waals surface area contributed by atoms with Crippen LogP contribution in [0.3, 0.4) is 0 Å². The van der Waals surface area contributed by atoms with Gasteiger partial charge in [0.25, 0.3) is 0 Å². The summed E-state index contributed by atoms with van der Waals surface area (Å²) < 4.78 is 5.70. The molecule has 2 heteroatoms. The van der Waals surface area contributed by atoms with Crippen molar-refractivity contribution >= 4 is 5.97 Å². The van der Waals surface area contributed by atoms with Gasteiger partial charge < -0.3 is 4.74 Å². The Hall–Kier alpha value is -0.530. The van der Waals surface area contributed by atoms with E-state index in [-0.39, 0.29) is 17.0 Å². The number of carbonyl (C=O) groups is 1. The summed E-state index contributed by atoms with van der Waals surface area (Å²) in [5.41, 5.74) is -0.133. The summed E-state index contributed by atoms with van der Waals surface area (Å²) in [7, 11) is 0. The average Bonchev–Trinajstić information content (AvgIpc) is 2.11. The summed E-state index contributed by atoms with van der Waals surface area (Å²) in [6.45, 7) is 8.53. The van der Waals surface area contributed by atoms with Crippen molar-refractivity contribution in [2.24, 2.45) is 5.41 Å². The monoisotopic (exact) mass is 212 g/mol. The molecular formula is C13H24O2. The number of hydrogen-bond acceptors (Lipinski definition) is 2. The maximum Gasteiger partial charge on any atom is 0.306 e. The summed E-state index contributed by atoms with van der Waals surface area (Å²) in [4.78, 5) is 11.6. The minimum absolute atomic E-state index is 0.0324. The molecule has 0 aliphatic heterocycles. The molecule has 1 unspecified atom stereocenters. The van der Waals surface area contributed by atoms with E-state index in [2.05, 4.69) is 20.8 Å². The Morgan fingerprint density at radius 1 is 1.20 bits per heavy atom. The third-order valence-electron chi connectivity index (χ3n) is 3.93. The van der Waals surface area contributed by atoms with Crippen molar-refractivity contribution in [2.45, 2.75) is 71.8 Å². The molecule has 88 valence electrons. The molecule has 1 fully saturated rings. The van der Waals surface area contributed by atoms with Gasteiger partial charge in [0, 0.05) is 11.8 Å². The molecule has 0 spiro atoms. The van der Waals surface area contributed by atoms with Gasteiger partial charge in [0.1, 0.15) is 5.60 Å². The first kappa shape index (κ1) is 12.5. The first-order chi connectivity index (χ1) is 6.91. The zero-order chi connectivity index (χ0) is 11.5. The van der Waals surface area contributed by atoms with Crippen LogP contribution in [0, 0.1) is 5.41 Å². The third kappa shape index (κ3) is 2.73. The van der Waals surface area contributed by atoms with Crippen molar-refractivity contribution < 1.29 is 9.53 Å². The standard InChI is InChI=1S/C13H24O2/c1-5-8-11(14)15-13(4)10-7-6-9-12(13,2)3/h5-10H2,1-4H3. The van der Waals surface area contributed by atoms with Gasteiger partial charge in [-0.2, -0.15) is 0 Å². The Labute approximate surface area is 93.4 Å². The highest BCUT2D eigenvalue weighted by atomic mass is 16.6. The predicted molar refractivity (Wildman–Crippen MR) is 61.7 cm³/mol. The molecule has 0 heterocycles. The molecule has 1 atom stereocenters. The second-order valence-corrected chi connectivity index (χ2v) is 5.55. The third-order valence-corrected chi connectivity index (χ3v) is 3.93. The van der Waals surface area contributed by atoms with Gasteiger partial charge in [0.15, 0.2) is 0 Å². The smallest absolute Gasteiger partial charge is 0.306 e. The lowest BCUT2D eigenvalue weighted by molar-refractivity contribution is -0.177. The molecule has 0 saturated heterocycles. The van der Waals surface area contributed by atoms with Gasteiger partial charge in [-0.05, 0) is 32.6 Å². The normalized spacial score (nSPS) is 29.9. The van der Waals surface area contributed by atoms with E-state index in [0.717, 1.165) is 19.3 Å². The van der Waals surface area contributed by atoms with E-state index in [1.807, 2.05) is 6.92 Å². The fraction of sp³-hybridized carbons (Fsp3) is 0.923. The molecule has 0 bridgehead atoms. The van der Waals surface area contributed by atoms with E-state index in [0.29, 0.717) is 6.42 Å². The van der Waals surface area contributed by atoms with E-state index in [1.54, 1.807) is 0 Å². The van der Waals surface area contributed by atoms with Crippen LogP contribution in [-0.2, 0) is 9.53 Å². The van der Waals surface area contributed by atoms with E-state index < -0.39 is 0 Å². The molecule has 0 N–H and O–H groups in total. The molecule has 1 saturated carbocycles. The number of esters is 1. The SMILES string of the molecule is CCCC(=O)OC1(C)CCCCC1(C)C. The van der Waals surface area contributed by atoms with Crippen molar-refractivity contribution in [3.8, 4) is 0 Å². The topological polar surface area (TPSA) is 26.3 Å². The Balaban J connectivity index is 2.66. The number of ether oxygens (including phenoxy) is 1. The average molecular weight is 212 g/mol. The molecule has 1 aliphatic carbocycles. The lowest BCUT2D eigenvalue weighted by Crippen LogP contribution is -2.48. The molecule has 0 aromatic carbocycles. The highest BCUT2D eigenvalue weighted by Crippen LogP contribution is 2.46. The maximum absolute atomic E-state index is 11.6. The first-order valence-corrected chi connectivity index (χ1v) is 6.13. The number of carbonyl (C=O) groups excluding carboxylic acids is 1. The second kappa shape index (κ2) is 4.54. The molecule has 1 aliphatic rings. The molecule has 0 amide bonds. The minimum Gasteiger partial charge on any atom is -0.459 e. The van der Waals surface area contributed by atoms with Crippen LogP contribution < -0.4 is 0 Å². The summed E-state index contributed by atoms with van der Waals surface area (Å²) in [6.07, 6.45) is 6.02. The van der Waals surface area contributed by atoms with Gasteiger partial charge in [-0.1, -0.05) is 27.2 Å². The van der Waals surface area contributed by atoms with Gasteiger partial charge in [-0.25, -0.2) is 0 Å². The van der Waals surface area contributed by atoms with Crippen LogP contribution in [0.2, 0.25) is 0 Å². The van der Waals surface area contributed by atoms with E-state index in [9.17, 15) is 4.79 Å². The fourth-order valence-electron chi connectivity index (χ4n) is 2.33. The summed E-state index contributed by atoms with van der Waals surface area (Å²) in [6, 6.07) is 0. The molecular weight excluding hydrogens is 188 g/mol. The van der Waals surface area contributed by atoms with Crippen LogP contribution in [0.25, 0.3) is 0 Å². The molecule has 1 rings (SSSR count). The van der Waals surface area contributed by atoms with Crippen molar-refractivity contribution in [2.75, 3.05) is 0 Å². The van der Waals surface area contributed by atoms with E-state index in [4.69, 9.17) is 4.74 Å². The van der Waals surface area contributed by atoms with E-state index in [1.165, 1.54) is 12.8 Å². The maximum atomic E-state index is 11.6. The van der Waals surface area contributed by atoms with Gasteiger partial charge in [-0.3, -0.25) is 4.79 Å². The van der Waals surface area contributed by atoms with Crippen molar-refractivity contribution in [3.05, 3.63) is 0 Å². The lowest BCUT2D eigenvalue weighted by atomic mass is 9.66. The largest absolute Gasteiger partial charge is 0.459 e. The van der Waals surface area contributed by atoms with Gasteiger partial charge in [-0.15, -0.1) is 0 Å². The fourth-order valence-corrected chi connectivity index (χ4v) is 2.33. The number of rotatable bonds is 3. The van der Waals surface area contributed by atoms with Crippen LogP contribution in [0.5, 0.6) is 0 Å².